The molecule has 1 aromatic carbocycles. The molecule has 0 radical (unpaired) electrons. The maximum atomic E-state index is 5.62. The topological polar surface area (TPSA) is 43.4 Å². The first kappa shape index (κ1) is 12.2. The molecule has 0 bridgehead atoms. The Hall–Kier alpha value is -2.23. The molecule has 2 rings (SSSR count). The Morgan fingerprint density at radius 2 is 1.78 bits per heavy atom. The predicted molar refractivity (Wildman–Crippen MR) is 71.5 cm³/mol. The van der Waals surface area contributed by atoms with E-state index < -0.39 is 0 Å². The fourth-order valence-electron chi connectivity index (χ4n) is 1.51. The zero-order valence-corrected chi connectivity index (χ0v) is 10.5. The van der Waals surface area contributed by atoms with E-state index in [2.05, 4.69) is 10.3 Å². The molecule has 1 aromatic heterocycles. The lowest BCUT2D eigenvalue weighted by Crippen LogP contribution is -1.97. The Morgan fingerprint density at radius 1 is 1.06 bits per heavy atom. The van der Waals surface area contributed by atoms with Crippen LogP contribution in [0.3, 0.4) is 0 Å². The zero-order valence-electron chi connectivity index (χ0n) is 10.5. The van der Waals surface area contributed by atoms with Crippen LogP contribution in [0.15, 0.2) is 42.6 Å². The van der Waals surface area contributed by atoms with Gasteiger partial charge in [0.1, 0.15) is 11.5 Å². The average Bonchev–Trinajstić information content (AvgIpc) is 2.42. The monoisotopic (exact) mass is 244 g/mol. The molecule has 0 saturated carbocycles. The molecule has 18 heavy (non-hydrogen) atoms. The first-order chi connectivity index (χ1) is 8.81. The lowest BCUT2D eigenvalue weighted by molar-refractivity contribution is 0.412. The Bertz CT molecular complexity index is 480. The van der Waals surface area contributed by atoms with E-state index in [0.29, 0.717) is 5.88 Å². The van der Waals surface area contributed by atoms with Crippen molar-refractivity contribution in [3.63, 3.8) is 0 Å². The lowest BCUT2D eigenvalue weighted by atomic mass is 10.3. The van der Waals surface area contributed by atoms with Crippen molar-refractivity contribution in [3.8, 4) is 17.4 Å². The third-order valence-electron chi connectivity index (χ3n) is 2.40. The number of hydrogen-bond donors (Lipinski definition) is 1. The molecule has 0 aliphatic rings. The van der Waals surface area contributed by atoms with Crippen molar-refractivity contribution in [2.45, 2.75) is 6.92 Å². The van der Waals surface area contributed by atoms with Gasteiger partial charge in [-0.05, 0) is 37.3 Å². The van der Waals surface area contributed by atoms with Crippen LogP contribution in [0.5, 0.6) is 17.4 Å². The summed E-state index contributed by atoms with van der Waals surface area (Å²) in [6.07, 6.45) is 1.75. The normalized spacial score (nSPS) is 9.89. The van der Waals surface area contributed by atoms with E-state index in [1.165, 1.54) is 0 Å². The van der Waals surface area contributed by atoms with Crippen molar-refractivity contribution in [1.29, 1.82) is 0 Å². The SMILES string of the molecule is CCNc1ccc(Oc2ccc(OC)cc2)nc1. The van der Waals surface area contributed by atoms with Gasteiger partial charge >= 0.3 is 0 Å². The summed E-state index contributed by atoms with van der Waals surface area (Å²) < 4.78 is 10.7. The highest BCUT2D eigenvalue weighted by molar-refractivity contribution is 5.42. The second kappa shape index (κ2) is 5.91. The highest BCUT2D eigenvalue weighted by atomic mass is 16.5. The molecule has 0 unspecified atom stereocenters. The van der Waals surface area contributed by atoms with Crippen molar-refractivity contribution < 1.29 is 9.47 Å². The smallest absolute Gasteiger partial charge is 0.219 e. The summed E-state index contributed by atoms with van der Waals surface area (Å²) in [4.78, 5) is 4.22. The first-order valence-electron chi connectivity index (χ1n) is 5.83. The maximum absolute atomic E-state index is 5.62. The minimum Gasteiger partial charge on any atom is -0.497 e. The van der Waals surface area contributed by atoms with Crippen molar-refractivity contribution >= 4 is 5.69 Å². The minimum atomic E-state index is 0.571. The van der Waals surface area contributed by atoms with E-state index in [1.807, 2.05) is 43.3 Å². The molecule has 4 heteroatoms. The molecule has 1 heterocycles. The van der Waals surface area contributed by atoms with Gasteiger partial charge in [0.05, 0.1) is 19.0 Å². The first-order valence-corrected chi connectivity index (χ1v) is 5.83. The van der Waals surface area contributed by atoms with Gasteiger partial charge in [0.2, 0.25) is 5.88 Å². The number of anilines is 1. The number of rotatable bonds is 5. The molecule has 0 spiro atoms. The van der Waals surface area contributed by atoms with Crippen LogP contribution in [0.1, 0.15) is 6.92 Å². The zero-order chi connectivity index (χ0) is 12.8. The standard InChI is InChI=1S/C14H16N2O2/c1-3-15-11-4-9-14(16-10-11)18-13-7-5-12(17-2)6-8-13/h4-10,15H,3H2,1-2H3. The molecular weight excluding hydrogens is 228 g/mol. The van der Waals surface area contributed by atoms with E-state index in [0.717, 1.165) is 23.7 Å². The van der Waals surface area contributed by atoms with Crippen LogP contribution in [0.2, 0.25) is 0 Å². The molecule has 0 fully saturated rings. The summed E-state index contributed by atoms with van der Waals surface area (Å²) in [6.45, 7) is 2.92. The summed E-state index contributed by atoms with van der Waals surface area (Å²) in [5, 5.41) is 3.18. The second-order valence-electron chi connectivity index (χ2n) is 3.69. The van der Waals surface area contributed by atoms with Crippen LogP contribution < -0.4 is 14.8 Å². The molecule has 2 aromatic rings. The Labute approximate surface area is 107 Å². The maximum Gasteiger partial charge on any atom is 0.219 e. The molecule has 0 aliphatic heterocycles. The van der Waals surface area contributed by atoms with Gasteiger partial charge in [-0.1, -0.05) is 0 Å². The van der Waals surface area contributed by atoms with Crippen LogP contribution in [0.25, 0.3) is 0 Å². The van der Waals surface area contributed by atoms with Gasteiger partial charge < -0.3 is 14.8 Å². The van der Waals surface area contributed by atoms with Gasteiger partial charge in [-0.25, -0.2) is 4.98 Å². The second-order valence-corrected chi connectivity index (χ2v) is 3.69. The summed E-state index contributed by atoms with van der Waals surface area (Å²) in [6, 6.07) is 11.2. The van der Waals surface area contributed by atoms with Crippen molar-refractivity contribution in [2.24, 2.45) is 0 Å². The fourth-order valence-corrected chi connectivity index (χ4v) is 1.51. The Morgan fingerprint density at radius 3 is 2.33 bits per heavy atom. The van der Waals surface area contributed by atoms with Crippen LogP contribution >= 0.6 is 0 Å². The van der Waals surface area contributed by atoms with Gasteiger partial charge in [-0.3, -0.25) is 0 Å². The number of methoxy groups -OCH3 is 1. The number of nitrogens with one attached hydrogen (secondary N) is 1. The van der Waals surface area contributed by atoms with E-state index in [9.17, 15) is 0 Å². The van der Waals surface area contributed by atoms with Crippen LogP contribution in [-0.4, -0.2) is 18.6 Å². The number of aromatic nitrogens is 1. The van der Waals surface area contributed by atoms with Crippen LogP contribution in [0, 0.1) is 0 Å². The lowest BCUT2D eigenvalue weighted by Gasteiger charge is -2.07. The molecular formula is C14H16N2O2. The largest absolute Gasteiger partial charge is 0.497 e. The van der Waals surface area contributed by atoms with E-state index in [4.69, 9.17) is 9.47 Å². The van der Waals surface area contributed by atoms with E-state index >= 15 is 0 Å². The Balaban J connectivity index is 2.03. The predicted octanol–water partition coefficient (Wildman–Crippen LogP) is 3.31. The molecule has 4 nitrogen and oxygen atoms in total. The van der Waals surface area contributed by atoms with Gasteiger partial charge in [0, 0.05) is 12.6 Å². The molecule has 0 amide bonds. The van der Waals surface area contributed by atoms with Crippen LogP contribution in [-0.2, 0) is 0 Å². The summed E-state index contributed by atoms with van der Waals surface area (Å²) in [5.41, 5.74) is 0.986. The number of hydrogen-bond acceptors (Lipinski definition) is 4. The molecule has 0 atom stereocenters. The average molecular weight is 244 g/mol. The highest BCUT2D eigenvalue weighted by Gasteiger charge is 1.99. The number of benzene rings is 1. The number of nitrogens with zero attached hydrogens (tertiary/aromatic N) is 1. The minimum absolute atomic E-state index is 0.571. The van der Waals surface area contributed by atoms with E-state index in [-0.39, 0.29) is 0 Å². The molecule has 0 aliphatic carbocycles. The highest BCUT2D eigenvalue weighted by Crippen LogP contribution is 2.22. The summed E-state index contributed by atoms with van der Waals surface area (Å²) >= 11 is 0. The van der Waals surface area contributed by atoms with Crippen LogP contribution in [0.4, 0.5) is 5.69 Å². The fraction of sp³-hybridized carbons (Fsp3) is 0.214. The third-order valence-corrected chi connectivity index (χ3v) is 2.40. The summed E-state index contributed by atoms with van der Waals surface area (Å²) in [5.74, 6) is 2.11. The number of pyridine rings is 1. The third kappa shape index (κ3) is 3.13. The van der Waals surface area contributed by atoms with Gasteiger partial charge in [0.15, 0.2) is 0 Å². The molecule has 94 valence electrons. The van der Waals surface area contributed by atoms with Crippen molar-refractivity contribution in [3.05, 3.63) is 42.6 Å². The van der Waals surface area contributed by atoms with Gasteiger partial charge in [-0.2, -0.15) is 0 Å². The van der Waals surface area contributed by atoms with Gasteiger partial charge in [-0.15, -0.1) is 0 Å². The molecule has 1 N–H and O–H groups in total. The van der Waals surface area contributed by atoms with Crippen molar-refractivity contribution in [2.75, 3.05) is 19.0 Å². The number of ether oxygens (including phenoxy) is 2. The van der Waals surface area contributed by atoms with E-state index in [1.54, 1.807) is 13.3 Å². The summed E-state index contributed by atoms with van der Waals surface area (Å²) in [7, 11) is 1.64. The van der Waals surface area contributed by atoms with Gasteiger partial charge in [0.25, 0.3) is 0 Å². The quantitative estimate of drug-likeness (QED) is 0.876. The molecule has 0 saturated heterocycles. The van der Waals surface area contributed by atoms with Crippen molar-refractivity contribution in [1.82, 2.24) is 4.98 Å². The Kier molecular flexibility index (Phi) is 4.02.